The number of benzene rings is 3. The molecule has 0 unspecified atom stereocenters. The van der Waals surface area contributed by atoms with Crippen molar-refractivity contribution in [3.05, 3.63) is 105 Å². The Labute approximate surface area is 210 Å². The fourth-order valence-corrected chi connectivity index (χ4v) is 5.89. The molecule has 1 amide bonds. The van der Waals surface area contributed by atoms with E-state index in [1.165, 1.54) is 18.2 Å². The summed E-state index contributed by atoms with van der Waals surface area (Å²) in [5.41, 5.74) is 2.69. The van der Waals surface area contributed by atoms with Crippen molar-refractivity contribution in [3.63, 3.8) is 0 Å². The maximum atomic E-state index is 13.2. The summed E-state index contributed by atoms with van der Waals surface area (Å²) in [5, 5.41) is 10.7. The number of hydrogen-bond acceptors (Lipinski definition) is 6. The van der Waals surface area contributed by atoms with Gasteiger partial charge in [0, 0.05) is 5.02 Å². The number of halogens is 2. The van der Waals surface area contributed by atoms with Gasteiger partial charge in [0.05, 0.1) is 16.6 Å². The van der Waals surface area contributed by atoms with Gasteiger partial charge in [0.1, 0.15) is 0 Å². The highest BCUT2D eigenvalue weighted by Gasteiger charge is 2.27. The van der Waals surface area contributed by atoms with Crippen LogP contribution in [0.4, 0.5) is 5.13 Å². The van der Waals surface area contributed by atoms with E-state index in [1.54, 1.807) is 0 Å². The molecule has 0 radical (unpaired) electrons. The van der Waals surface area contributed by atoms with Gasteiger partial charge in [0.25, 0.3) is 15.9 Å². The lowest BCUT2D eigenvalue weighted by molar-refractivity contribution is 0.102. The molecule has 1 atom stereocenters. The van der Waals surface area contributed by atoms with E-state index in [1.807, 2.05) is 61.5 Å². The molecular weight excluding hydrogens is 515 g/mol. The average molecular weight is 533 g/mol. The standard InChI is InChI=1S/C23H18Cl2N4O3S2/c1-14-7-5-6-10-17(14)20(15-8-3-2-4-9-15)29-34(31,32)23-28-27-22(33-23)26-21(30)18-12-11-16(24)13-19(18)25/h2-13,20,29H,1H3,(H,26,27,30)/t20-/m1/s1. The van der Waals surface area contributed by atoms with Gasteiger partial charge in [-0.3, -0.25) is 10.1 Å². The molecule has 0 spiro atoms. The summed E-state index contributed by atoms with van der Waals surface area (Å²) in [5.74, 6) is -0.559. The predicted octanol–water partition coefficient (Wildman–Crippen LogP) is 5.47. The second-order valence-electron chi connectivity index (χ2n) is 7.27. The molecule has 4 rings (SSSR count). The van der Waals surface area contributed by atoms with Gasteiger partial charge in [-0.05, 0) is 41.8 Å². The van der Waals surface area contributed by atoms with E-state index in [4.69, 9.17) is 23.2 Å². The van der Waals surface area contributed by atoms with E-state index < -0.39 is 22.0 Å². The maximum absolute atomic E-state index is 13.2. The Kier molecular flexibility index (Phi) is 7.30. The van der Waals surface area contributed by atoms with Crippen LogP contribution in [0.15, 0.2) is 77.1 Å². The predicted molar refractivity (Wildman–Crippen MR) is 134 cm³/mol. The molecule has 174 valence electrons. The molecule has 0 aliphatic heterocycles. The van der Waals surface area contributed by atoms with Crippen molar-refractivity contribution in [1.29, 1.82) is 0 Å². The molecule has 0 aliphatic rings. The van der Waals surface area contributed by atoms with Crippen LogP contribution in [-0.2, 0) is 10.0 Å². The number of sulfonamides is 1. The first-order valence-electron chi connectivity index (χ1n) is 9.97. The number of hydrogen-bond donors (Lipinski definition) is 2. The summed E-state index contributed by atoms with van der Waals surface area (Å²) in [4.78, 5) is 12.5. The SMILES string of the molecule is Cc1ccccc1[C@H](NS(=O)(=O)c1nnc(NC(=O)c2ccc(Cl)cc2Cl)s1)c1ccccc1. The largest absolute Gasteiger partial charge is 0.296 e. The number of carbonyl (C=O) groups excluding carboxylic acids is 1. The lowest BCUT2D eigenvalue weighted by Gasteiger charge is -2.20. The van der Waals surface area contributed by atoms with Crippen molar-refractivity contribution < 1.29 is 13.2 Å². The number of aromatic nitrogens is 2. The summed E-state index contributed by atoms with van der Waals surface area (Å²) < 4.78 is 28.9. The van der Waals surface area contributed by atoms with E-state index in [9.17, 15) is 13.2 Å². The fourth-order valence-electron chi connectivity index (χ4n) is 3.28. The van der Waals surface area contributed by atoms with Crippen LogP contribution < -0.4 is 10.0 Å². The molecular formula is C23H18Cl2N4O3S2. The summed E-state index contributed by atoms with van der Waals surface area (Å²) in [6, 6.07) is 20.6. The number of nitrogens with zero attached hydrogens (tertiary/aromatic N) is 2. The van der Waals surface area contributed by atoms with E-state index in [0.717, 1.165) is 28.0 Å². The quantitative estimate of drug-likeness (QED) is 0.307. The molecule has 0 bridgehead atoms. The molecule has 1 heterocycles. The van der Waals surface area contributed by atoms with Crippen molar-refractivity contribution in [2.75, 3.05) is 5.32 Å². The van der Waals surface area contributed by atoms with Crippen molar-refractivity contribution in [3.8, 4) is 0 Å². The van der Waals surface area contributed by atoms with Crippen LogP contribution in [0, 0.1) is 6.92 Å². The van der Waals surface area contributed by atoms with E-state index in [0.29, 0.717) is 5.02 Å². The molecule has 0 saturated carbocycles. The van der Waals surface area contributed by atoms with Crippen molar-refractivity contribution >= 4 is 55.6 Å². The van der Waals surface area contributed by atoms with Crippen molar-refractivity contribution in [2.24, 2.45) is 0 Å². The maximum Gasteiger partial charge on any atom is 0.270 e. The Hall–Kier alpha value is -2.82. The van der Waals surface area contributed by atoms with Crippen molar-refractivity contribution in [1.82, 2.24) is 14.9 Å². The lowest BCUT2D eigenvalue weighted by atomic mass is 9.96. The zero-order valence-corrected chi connectivity index (χ0v) is 20.8. The zero-order chi connectivity index (χ0) is 24.3. The van der Waals surface area contributed by atoms with Gasteiger partial charge < -0.3 is 0 Å². The van der Waals surface area contributed by atoms with Crippen molar-refractivity contribution in [2.45, 2.75) is 17.3 Å². The summed E-state index contributed by atoms with van der Waals surface area (Å²) >= 11 is 12.7. The average Bonchev–Trinajstić information content (AvgIpc) is 3.28. The second kappa shape index (κ2) is 10.2. The van der Waals surface area contributed by atoms with E-state index in [-0.39, 0.29) is 20.1 Å². The minimum Gasteiger partial charge on any atom is -0.296 e. The minimum absolute atomic E-state index is 0.0172. The summed E-state index contributed by atoms with van der Waals surface area (Å²) in [6.07, 6.45) is 0. The first-order chi connectivity index (χ1) is 16.2. The Morgan fingerprint density at radius 2 is 1.68 bits per heavy atom. The van der Waals surface area contributed by atoms with Gasteiger partial charge in [-0.15, -0.1) is 10.2 Å². The van der Waals surface area contributed by atoms with Crippen LogP contribution >= 0.6 is 34.5 Å². The monoisotopic (exact) mass is 532 g/mol. The van der Waals surface area contributed by atoms with E-state index in [2.05, 4.69) is 20.2 Å². The third-order valence-electron chi connectivity index (χ3n) is 4.94. The Morgan fingerprint density at radius 3 is 2.38 bits per heavy atom. The summed E-state index contributed by atoms with van der Waals surface area (Å²) in [7, 11) is -4.07. The lowest BCUT2D eigenvalue weighted by Crippen LogP contribution is -2.30. The number of amides is 1. The van der Waals surface area contributed by atoms with Gasteiger partial charge in [-0.2, -0.15) is 4.72 Å². The smallest absolute Gasteiger partial charge is 0.270 e. The molecule has 0 saturated heterocycles. The first-order valence-corrected chi connectivity index (χ1v) is 13.0. The van der Waals surface area contributed by atoms with Crippen LogP contribution in [0.25, 0.3) is 0 Å². The molecule has 3 aromatic carbocycles. The Morgan fingerprint density at radius 1 is 0.971 bits per heavy atom. The van der Waals surface area contributed by atoms with Gasteiger partial charge >= 0.3 is 0 Å². The molecule has 2 N–H and O–H groups in total. The van der Waals surface area contributed by atoms with Gasteiger partial charge in [-0.25, -0.2) is 8.42 Å². The van der Waals surface area contributed by atoms with Crippen LogP contribution in [0.1, 0.15) is 33.1 Å². The Balaban J connectivity index is 1.59. The molecule has 0 aliphatic carbocycles. The van der Waals surface area contributed by atoms with Gasteiger partial charge in [-0.1, -0.05) is 89.1 Å². The van der Waals surface area contributed by atoms with Crippen LogP contribution in [0.3, 0.4) is 0 Å². The van der Waals surface area contributed by atoms with E-state index >= 15 is 0 Å². The molecule has 11 heteroatoms. The highest BCUT2D eigenvalue weighted by Crippen LogP contribution is 2.29. The van der Waals surface area contributed by atoms with Crippen LogP contribution in [0.2, 0.25) is 10.0 Å². The minimum atomic E-state index is -4.07. The van der Waals surface area contributed by atoms with Crippen LogP contribution in [-0.4, -0.2) is 24.5 Å². The third-order valence-corrected chi connectivity index (χ3v) is 8.11. The normalized spacial score (nSPS) is 12.3. The first kappa shape index (κ1) is 24.3. The topological polar surface area (TPSA) is 101 Å². The summed E-state index contributed by atoms with van der Waals surface area (Å²) in [6.45, 7) is 1.92. The molecule has 34 heavy (non-hydrogen) atoms. The fraction of sp³-hybridized carbons (Fsp3) is 0.0870. The number of aryl methyl sites for hydroxylation is 1. The highest BCUT2D eigenvalue weighted by molar-refractivity contribution is 7.91. The van der Waals surface area contributed by atoms with Gasteiger partial charge in [0.2, 0.25) is 9.47 Å². The number of anilines is 1. The number of rotatable bonds is 7. The molecule has 1 aromatic heterocycles. The molecule has 4 aromatic rings. The molecule has 0 fully saturated rings. The number of nitrogens with one attached hydrogen (secondary N) is 2. The second-order valence-corrected chi connectivity index (χ2v) is 11.0. The third kappa shape index (κ3) is 5.45. The Bertz CT molecular complexity index is 1440. The zero-order valence-electron chi connectivity index (χ0n) is 17.7. The highest BCUT2D eigenvalue weighted by atomic mass is 35.5. The molecule has 7 nitrogen and oxygen atoms in total. The van der Waals surface area contributed by atoms with Crippen LogP contribution in [0.5, 0.6) is 0 Å². The van der Waals surface area contributed by atoms with Gasteiger partial charge in [0.15, 0.2) is 0 Å². The number of carbonyl (C=O) groups is 1.